The Labute approximate surface area is 243 Å². The van der Waals surface area contributed by atoms with Crippen LogP contribution in [0.15, 0.2) is 42.5 Å². The van der Waals surface area contributed by atoms with Gasteiger partial charge < -0.3 is 19.9 Å². The lowest BCUT2D eigenvalue weighted by atomic mass is 9.65. The van der Waals surface area contributed by atoms with Gasteiger partial charge in [-0.25, -0.2) is 4.39 Å². The van der Waals surface area contributed by atoms with Crippen LogP contribution >= 0.6 is 0 Å². The van der Waals surface area contributed by atoms with Gasteiger partial charge in [-0.15, -0.1) is 0 Å². The number of phenols is 1. The number of piperidine rings is 1. The number of nitrogens with zero attached hydrogens (tertiary/aromatic N) is 3. The molecule has 0 amide bonds. The molecule has 7 nitrogen and oxygen atoms in total. The highest BCUT2D eigenvalue weighted by Gasteiger charge is 2.52. The molecule has 224 valence electrons. The Morgan fingerprint density at radius 1 is 1.17 bits per heavy atom. The normalized spacial score (nSPS) is 26.0. The van der Waals surface area contributed by atoms with Crippen LogP contribution in [0.25, 0.3) is 0 Å². The van der Waals surface area contributed by atoms with E-state index in [1.165, 1.54) is 18.2 Å². The molecule has 0 aromatic heterocycles. The highest BCUT2D eigenvalue weighted by Crippen LogP contribution is 2.46. The number of aromatic hydroxyl groups is 1. The van der Waals surface area contributed by atoms with Crippen LogP contribution in [0.5, 0.6) is 5.75 Å². The van der Waals surface area contributed by atoms with E-state index < -0.39 is 23.5 Å². The zero-order valence-electron chi connectivity index (χ0n) is 25.1. The van der Waals surface area contributed by atoms with Crippen LogP contribution in [0.3, 0.4) is 0 Å². The number of halogens is 1. The Morgan fingerprint density at radius 3 is 2.56 bits per heavy atom. The van der Waals surface area contributed by atoms with Crippen LogP contribution in [0, 0.1) is 24.6 Å². The summed E-state index contributed by atoms with van der Waals surface area (Å²) in [5.41, 5.74) is 0.431. The molecule has 2 saturated heterocycles. The molecule has 0 spiro atoms. The molecule has 0 radical (unpaired) electrons. The van der Waals surface area contributed by atoms with E-state index in [2.05, 4.69) is 14.7 Å². The number of aldehydes is 1. The maximum atomic E-state index is 15.0. The number of carbonyl (C=O) groups excluding carboxylic acids is 2. The summed E-state index contributed by atoms with van der Waals surface area (Å²) in [6, 6.07) is 10.9. The molecule has 2 N–H and O–H groups in total. The summed E-state index contributed by atoms with van der Waals surface area (Å²) in [5, 5.41) is 21.3. The lowest BCUT2D eigenvalue weighted by molar-refractivity contribution is -0.129. The maximum absolute atomic E-state index is 15.0. The van der Waals surface area contributed by atoms with E-state index in [1.54, 1.807) is 39.0 Å². The zero-order chi connectivity index (χ0) is 29.9. The van der Waals surface area contributed by atoms with Crippen molar-refractivity contribution in [3.05, 3.63) is 65.0 Å². The largest absolute Gasteiger partial charge is 0.508 e. The quantitative estimate of drug-likeness (QED) is 0.236. The highest BCUT2D eigenvalue weighted by molar-refractivity contribution is 5.99. The third-order valence-corrected chi connectivity index (χ3v) is 9.09. The molecule has 0 bridgehead atoms. The maximum Gasteiger partial charge on any atom is 0.167 e. The fraction of sp³-hybridized carbons (Fsp3) is 0.576. The second-order valence-corrected chi connectivity index (χ2v) is 12.6. The molecule has 8 heteroatoms. The minimum Gasteiger partial charge on any atom is -0.508 e. The lowest BCUT2D eigenvalue weighted by Gasteiger charge is -2.52. The van der Waals surface area contributed by atoms with Crippen molar-refractivity contribution in [1.82, 2.24) is 14.7 Å². The number of hydrogen-bond donors (Lipinski definition) is 2. The van der Waals surface area contributed by atoms with Crippen molar-refractivity contribution in [2.24, 2.45) is 11.8 Å². The van der Waals surface area contributed by atoms with Crippen molar-refractivity contribution >= 4 is 12.1 Å². The van der Waals surface area contributed by atoms with E-state index in [0.29, 0.717) is 29.8 Å². The van der Waals surface area contributed by atoms with Gasteiger partial charge in [0.05, 0.1) is 0 Å². The van der Waals surface area contributed by atoms with Crippen LogP contribution in [0.1, 0.15) is 66.9 Å². The molecule has 41 heavy (non-hydrogen) atoms. The van der Waals surface area contributed by atoms with Crippen molar-refractivity contribution in [2.75, 3.05) is 40.3 Å². The van der Waals surface area contributed by atoms with Gasteiger partial charge in [0.2, 0.25) is 0 Å². The summed E-state index contributed by atoms with van der Waals surface area (Å²) in [7, 11) is 4.09. The van der Waals surface area contributed by atoms with Crippen LogP contribution < -0.4 is 0 Å². The van der Waals surface area contributed by atoms with Crippen molar-refractivity contribution < 1.29 is 24.2 Å². The van der Waals surface area contributed by atoms with Gasteiger partial charge in [0.1, 0.15) is 23.6 Å². The number of carbonyl (C=O) groups is 2. The number of likely N-dealkylation sites (tertiary alicyclic amines) is 2. The van der Waals surface area contributed by atoms with Crippen LogP contribution in [-0.4, -0.2) is 95.1 Å². The number of aliphatic hydroxyl groups is 1. The van der Waals surface area contributed by atoms with E-state index in [4.69, 9.17) is 0 Å². The van der Waals surface area contributed by atoms with Crippen molar-refractivity contribution in [3.8, 4) is 5.75 Å². The van der Waals surface area contributed by atoms with Crippen LogP contribution in [0.4, 0.5) is 4.39 Å². The predicted octanol–water partition coefficient (Wildman–Crippen LogP) is 4.46. The Morgan fingerprint density at radius 2 is 1.90 bits per heavy atom. The predicted molar refractivity (Wildman–Crippen MR) is 159 cm³/mol. The Bertz CT molecular complexity index is 1210. The molecular weight excluding hydrogens is 521 g/mol. The topological polar surface area (TPSA) is 84.3 Å². The molecule has 1 unspecified atom stereocenters. The third-order valence-electron chi connectivity index (χ3n) is 9.09. The number of phenolic OH excluding ortho intramolecular Hbond substituents is 1. The van der Waals surface area contributed by atoms with Gasteiger partial charge in [0, 0.05) is 48.5 Å². The summed E-state index contributed by atoms with van der Waals surface area (Å²) in [4.78, 5) is 34.0. The molecule has 0 saturated carbocycles. The first-order chi connectivity index (χ1) is 19.4. The molecule has 2 fully saturated rings. The molecule has 2 aliphatic heterocycles. The summed E-state index contributed by atoms with van der Waals surface area (Å²) in [6.07, 6.45) is 4.56. The van der Waals surface area contributed by atoms with Gasteiger partial charge in [0.25, 0.3) is 0 Å². The lowest BCUT2D eigenvalue weighted by Crippen LogP contribution is -2.63. The number of ketones is 1. The summed E-state index contributed by atoms with van der Waals surface area (Å²) in [6.45, 7) is 8.05. The average Bonchev–Trinajstić information content (AvgIpc) is 3.42. The highest BCUT2D eigenvalue weighted by atomic mass is 19.1. The number of Topliss-reactive ketones (excluding diaryl/α,β-unsaturated/α-hetero) is 1. The molecule has 2 aliphatic rings. The first kappa shape index (κ1) is 31.3. The van der Waals surface area contributed by atoms with E-state index in [1.807, 2.05) is 20.2 Å². The molecule has 4 rings (SSSR count). The minimum absolute atomic E-state index is 0.00211. The Kier molecular flexibility index (Phi) is 10.0. The number of hydrogen-bond acceptors (Lipinski definition) is 7. The summed E-state index contributed by atoms with van der Waals surface area (Å²) < 4.78 is 15.0. The third kappa shape index (κ3) is 6.88. The van der Waals surface area contributed by atoms with E-state index >= 15 is 0 Å². The Balaban J connectivity index is 1.83. The van der Waals surface area contributed by atoms with Crippen molar-refractivity contribution in [3.63, 3.8) is 0 Å². The van der Waals surface area contributed by atoms with Gasteiger partial charge in [-0.1, -0.05) is 24.3 Å². The van der Waals surface area contributed by atoms with Crippen molar-refractivity contribution in [1.29, 1.82) is 0 Å². The van der Waals surface area contributed by atoms with Crippen molar-refractivity contribution in [2.45, 2.75) is 70.2 Å². The second-order valence-electron chi connectivity index (χ2n) is 12.6. The molecular formula is C33H46FN3O4. The van der Waals surface area contributed by atoms with Gasteiger partial charge in [-0.05, 0) is 103 Å². The SMILES string of the molecule is Cc1c(F)cccc1[C@@H]1[C@H](C(=O)c2cccc(O)c2)CN(CCCCN(C)C)C([C@H]2CCCN2C(C)(C)O)[C@@H]1C=O. The first-order valence-electron chi connectivity index (χ1n) is 14.9. The molecule has 2 heterocycles. The molecule has 5 atom stereocenters. The standard InChI is InChI=1S/C33H46FN3O4/c1-22-25(13-9-14-28(22)34)30-26(32(40)23-11-8-12-24(39)19-23)20-36(17-7-6-16-35(4)5)31(27(30)21-38)29-15-10-18-37(29)33(2,3)41/h8-9,11-14,19,21,26-27,29-31,39,41H,6-7,10,15-18,20H2,1-5H3/t26-,27-,29-,30-,31?/m1/s1. The number of rotatable bonds is 11. The van der Waals surface area contributed by atoms with Crippen LogP contribution in [0.2, 0.25) is 0 Å². The molecule has 0 aliphatic carbocycles. The second kappa shape index (κ2) is 13.1. The van der Waals surface area contributed by atoms with Gasteiger partial charge in [0.15, 0.2) is 5.78 Å². The monoisotopic (exact) mass is 567 g/mol. The minimum atomic E-state index is -1.07. The number of benzene rings is 2. The summed E-state index contributed by atoms with van der Waals surface area (Å²) >= 11 is 0. The number of unbranched alkanes of at least 4 members (excludes halogenated alkanes) is 1. The van der Waals surface area contributed by atoms with Crippen LogP contribution in [-0.2, 0) is 4.79 Å². The zero-order valence-corrected chi connectivity index (χ0v) is 25.1. The smallest absolute Gasteiger partial charge is 0.167 e. The Hall–Kier alpha value is -2.65. The first-order valence-corrected chi connectivity index (χ1v) is 14.9. The fourth-order valence-corrected chi connectivity index (χ4v) is 7.22. The van der Waals surface area contributed by atoms with Gasteiger partial charge in [-0.3, -0.25) is 14.6 Å². The van der Waals surface area contributed by atoms with E-state index in [0.717, 1.165) is 45.1 Å². The molecule has 2 aromatic rings. The molecule has 2 aromatic carbocycles. The van der Waals surface area contributed by atoms with E-state index in [9.17, 15) is 24.2 Å². The summed E-state index contributed by atoms with van der Waals surface area (Å²) in [5.74, 6) is -2.29. The van der Waals surface area contributed by atoms with Gasteiger partial charge >= 0.3 is 0 Å². The fourth-order valence-electron chi connectivity index (χ4n) is 7.22. The average molecular weight is 568 g/mol. The van der Waals surface area contributed by atoms with Gasteiger partial charge in [-0.2, -0.15) is 0 Å². The van der Waals surface area contributed by atoms with E-state index in [-0.39, 0.29) is 29.4 Å².